The molecular weight excluding hydrogens is 230 g/mol. The van der Waals surface area contributed by atoms with Crippen LogP contribution in [0.1, 0.15) is 70.7 Å². The van der Waals surface area contributed by atoms with Crippen molar-refractivity contribution in [2.24, 2.45) is 5.41 Å². The Morgan fingerprint density at radius 2 is 1.63 bits per heavy atom. The van der Waals surface area contributed by atoms with Crippen molar-refractivity contribution in [2.45, 2.75) is 66.8 Å². The minimum atomic E-state index is 0.286. The van der Waals surface area contributed by atoms with Crippen LogP contribution in [0, 0.1) is 5.41 Å². The fourth-order valence-electron chi connectivity index (χ4n) is 2.75. The zero-order valence-electron chi connectivity index (χ0n) is 13.6. The van der Waals surface area contributed by atoms with Crippen LogP contribution in [-0.2, 0) is 12.8 Å². The van der Waals surface area contributed by atoms with Crippen LogP contribution in [0.4, 0.5) is 0 Å². The molecule has 19 heavy (non-hydrogen) atoms. The Morgan fingerprint density at radius 3 is 2.11 bits per heavy atom. The van der Waals surface area contributed by atoms with E-state index >= 15 is 0 Å². The largest absolute Gasteiger partial charge is 0.310 e. The predicted octanol–water partition coefficient (Wildman–Crippen LogP) is 4.90. The summed E-state index contributed by atoms with van der Waals surface area (Å²) in [7, 11) is 0. The van der Waals surface area contributed by atoms with Gasteiger partial charge in [0.25, 0.3) is 0 Å². The van der Waals surface area contributed by atoms with Crippen LogP contribution in [0.3, 0.4) is 0 Å². The molecule has 1 aromatic carbocycles. The molecule has 0 aromatic heterocycles. The van der Waals surface area contributed by atoms with Crippen molar-refractivity contribution in [3.05, 3.63) is 34.9 Å². The van der Waals surface area contributed by atoms with E-state index in [-0.39, 0.29) is 5.41 Å². The minimum absolute atomic E-state index is 0.286. The average Bonchev–Trinajstić information content (AvgIpc) is 2.43. The molecule has 0 aliphatic rings. The van der Waals surface area contributed by atoms with Crippen molar-refractivity contribution in [1.29, 1.82) is 0 Å². The third-order valence-electron chi connectivity index (χ3n) is 4.43. The van der Waals surface area contributed by atoms with Crippen LogP contribution in [0.15, 0.2) is 18.2 Å². The molecule has 0 saturated heterocycles. The molecule has 1 nitrogen and oxygen atoms in total. The van der Waals surface area contributed by atoms with Crippen molar-refractivity contribution in [2.75, 3.05) is 6.54 Å². The van der Waals surface area contributed by atoms with E-state index in [1.807, 2.05) is 0 Å². The van der Waals surface area contributed by atoms with Crippen LogP contribution in [0.25, 0.3) is 0 Å². The van der Waals surface area contributed by atoms with Gasteiger partial charge in [0.15, 0.2) is 0 Å². The molecule has 0 fully saturated rings. The zero-order valence-corrected chi connectivity index (χ0v) is 13.6. The van der Waals surface area contributed by atoms with Crippen molar-refractivity contribution in [3.8, 4) is 0 Å². The first-order valence-corrected chi connectivity index (χ1v) is 7.85. The van der Waals surface area contributed by atoms with Crippen LogP contribution in [0.2, 0.25) is 0 Å². The van der Waals surface area contributed by atoms with Gasteiger partial charge in [-0.2, -0.15) is 0 Å². The molecule has 0 heterocycles. The van der Waals surface area contributed by atoms with Crippen molar-refractivity contribution in [1.82, 2.24) is 5.32 Å². The van der Waals surface area contributed by atoms with E-state index in [0.717, 1.165) is 19.4 Å². The topological polar surface area (TPSA) is 12.0 Å². The van der Waals surface area contributed by atoms with Crippen LogP contribution in [0.5, 0.6) is 0 Å². The predicted molar refractivity (Wildman–Crippen MR) is 85.7 cm³/mol. The molecule has 108 valence electrons. The number of nitrogens with one attached hydrogen (secondary N) is 1. The lowest BCUT2D eigenvalue weighted by atomic mass is 9.77. The summed E-state index contributed by atoms with van der Waals surface area (Å²) in [6.45, 7) is 14.7. The summed E-state index contributed by atoms with van der Waals surface area (Å²) in [6.07, 6.45) is 3.44. The highest BCUT2D eigenvalue weighted by molar-refractivity contribution is 5.34. The molecular formula is C18H31N. The van der Waals surface area contributed by atoms with E-state index in [9.17, 15) is 0 Å². The second kappa shape index (κ2) is 7.09. The lowest BCUT2D eigenvalue weighted by Crippen LogP contribution is -2.34. The first-order valence-electron chi connectivity index (χ1n) is 7.85. The summed E-state index contributed by atoms with van der Waals surface area (Å²) in [5, 5.41) is 3.68. The first-order chi connectivity index (χ1) is 9.00. The summed E-state index contributed by atoms with van der Waals surface area (Å²) in [5.41, 5.74) is 4.74. The second-order valence-corrected chi connectivity index (χ2v) is 6.07. The normalized spacial score (nSPS) is 13.6. The molecule has 0 aliphatic heterocycles. The van der Waals surface area contributed by atoms with Gasteiger partial charge in [0.1, 0.15) is 0 Å². The van der Waals surface area contributed by atoms with Gasteiger partial charge in [-0.15, -0.1) is 0 Å². The maximum absolute atomic E-state index is 3.68. The highest BCUT2D eigenvalue weighted by atomic mass is 14.9. The smallest absolute Gasteiger partial charge is 0.0371 e. The fraction of sp³-hybridized carbons (Fsp3) is 0.667. The Kier molecular flexibility index (Phi) is 6.06. The Bertz CT molecular complexity index is 393. The van der Waals surface area contributed by atoms with E-state index in [1.165, 1.54) is 23.1 Å². The molecule has 1 heteroatoms. The van der Waals surface area contributed by atoms with Gasteiger partial charge in [0.05, 0.1) is 0 Å². The zero-order chi connectivity index (χ0) is 14.5. The van der Waals surface area contributed by atoms with Crippen LogP contribution in [-0.4, -0.2) is 6.54 Å². The SMILES string of the molecule is CCNC(c1ccc(CC)c(CC)c1)C(C)(C)CC. The Labute approximate surface area is 119 Å². The second-order valence-electron chi connectivity index (χ2n) is 6.07. The Hall–Kier alpha value is -0.820. The summed E-state index contributed by atoms with van der Waals surface area (Å²) < 4.78 is 0. The third kappa shape index (κ3) is 3.82. The third-order valence-corrected chi connectivity index (χ3v) is 4.43. The molecule has 1 rings (SSSR count). The van der Waals surface area contributed by atoms with E-state index in [4.69, 9.17) is 0 Å². The monoisotopic (exact) mass is 261 g/mol. The lowest BCUT2D eigenvalue weighted by molar-refractivity contribution is 0.237. The van der Waals surface area contributed by atoms with Gasteiger partial charge in [-0.05, 0) is 47.9 Å². The molecule has 1 unspecified atom stereocenters. The molecule has 1 aromatic rings. The molecule has 1 atom stereocenters. The molecule has 1 N–H and O–H groups in total. The standard InChI is InChI=1S/C18H31N/c1-7-14-11-12-16(13-15(14)8-2)17(19-10-4)18(5,6)9-3/h11-13,17,19H,7-10H2,1-6H3. The van der Waals surface area contributed by atoms with E-state index < -0.39 is 0 Å². The maximum Gasteiger partial charge on any atom is 0.0371 e. The van der Waals surface area contributed by atoms with Gasteiger partial charge in [-0.1, -0.05) is 59.7 Å². The Balaban J connectivity index is 3.16. The van der Waals surface area contributed by atoms with E-state index in [2.05, 4.69) is 65.1 Å². The molecule has 0 aliphatic carbocycles. The molecule has 0 spiro atoms. The summed E-state index contributed by atoms with van der Waals surface area (Å²) in [6, 6.07) is 7.51. The number of rotatable bonds is 7. The van der Waals surface area contributed by atoms with Gasteiger partial charge >= 0.3 is 0 Å². The van der Waals surface area contributed by atoms with Gasteiger partial charge in [0.2, 0.25) is 0 Å². The van der Waals surface area contributed by atoms with Crippen LogP contribution < -0.4 is 5.32 Å². The van der Waals surface area contributed by atoms with Crippen LogP contribution >= 0.6 is 0 Å². The highest BCUT2D eigenvalue weighted by Crippen LogP contribution is 2.36. The summed E-state index contributed by atoms with van der Waals surface area (Å²) in [4.78, 5) is 0. The summed E-state index contributed by atoms with van der Waals surface area (Å²) in [5.74, 6) is 0. The van der Waals surface area contributed by atoms with Crippen molar-refractivity contribution in [3.63, 3.8) is 0 Å². The number of benzene rings is 1. The average molecular weight is 261 g/mol. The fourth-order valence-corrected chi connectivity index (χ4v) is 2.75. The van der Waals surface area contributed by atoms with E-state index in [0.29, 0.717) is 6.04 Å². The molecule has 0 radical (unpaired) electrons. The lowest BCUT2D eigenvalue weighted by Gasteiger charge is -2.35. The van der Waals surface area contributed by atoms with Crippen molar-refractivity contribution < 1.29 is 0 Å². The highest BCUT2D eigenvalue weighted by Gasteiger charge is 2.28. The van der Waals surface area contributed by atoms with Gasteiger partial charge in [-0.3, -0.25) is 0 Å². The maximum atomic E-state index is 3.68. The van der Waals surface area contributed by atoms with Gasteiger partial charge < -0.3 is 5.32 Å². The molecule has 0 amide bonds. The van der Waals surface area contributed by atoms with Gasteiger partial charge in [0, 0.05) is 6.04 Å². The van der Waals surface area contributed by atoms with Gasteiger partial charge in [-0.25, -0.2) is 0 Å². The van der Waals surface area contributed by atoms with E-state index in [1.54, 1.807) is 0 Å². The quantitative estimate of drug-likeness (QED) is 0.736. The minimum Gasteiger partial charge on any atom is -0.310 e. The Morgan fingerprint density at radius 1 is 1.00 bits per heavy atom. The first kappa shape index (κ1) is 16.2. The number of hydrogen-bond donors (Lipinski definition) is 1. The number of hydrogen-bond acceptors (Lipinski definition) is 1. The van der Waals surface area contributed by atoms with Crippen molar-refractivity contribution >= 4 is 0 Å². The summed E-state index contributed by atoms with van der Waals surface area (Å²) >= 11 is 0. The molecule has 0 saturated carbocycles. The number of aryl methyl sites for hydroxylation is 2. The molecule has 0 bridgehead atoms.